The van der Waals surface area contributed by atoms with E-state index < -0.39 is 7.29 Å². The second kappa shape index (κ2) is 7.02. The molecular weight excluding hydrogens is 345 g/mol. The summed E-state index contributed by atoms with van der Waals surface area (Å²) < 4.78 is 14.6. The zero-order valence-electron chi connectivity index (χ0n) is 12.6. The maximum absolute atomic E-state index is 13.9. The predicted molar refractivity (Wildman–Crippen MR) is 101 cm³/mol. The highest BCUT2D eigenvalue weighted by molar-refractivity contribution is 7.76. The number of halogens is 1. The summed E-state index contributed by atoms with van der Waals surface area (Å²) in [7, 11) is -2.92. The largest absolute Gasteiger partial charge is 0.297 e. The molecule has 0 aliphatic heterocycles. The Morgan fingerprint density at radius 3 is 1.87 bits per heavy atom. The van der Waals surface area contributed by atoms with Crippen LogP contribution in [-0.4, -0.2) is 0 Å². The van der Waals surface area contributed by atoms with Crippen molar-refractivity contribution in [1.82, 2.24) is 5.09 Å². The van der Waals surface area contributed by atoms with Gasteiger partial charge in [-0.25, -0.2) is 0 Å². The lowest BCUT2D eigenvalue weighted by Crippen LogP contribution is -2.29. The lowest BCUT2D eigenvalue weighted by Gasteiger charge is -2.24. The van der Waals surface area contributed by atoms with E-state index >= 15 is 0 Å². The molecule has 0 aliphatic carbocycles. The van der Waals surface area contributed by atoms with Crippen LogP contribution in [0.25, 0.3) is 0 Å². The molecule has 1 heterocycles. The first-order chi connectivity index (χ1) is 11.1. The van der Waals surface area contributed by atoms with Crippen LogP contribution >= 0.6 is 30.2 Å². The van der Waals surface area contributed by atoms with Gasteiger partial charge < -0.3 is 0 Å². The topological polar surface area (TPSA) is 29.1 Å². The maximum atomic E-state index is 13.9. The van der Waals surface area contributed by atoms with E-state index in [2.05, 4.69) is 5.09 Å². The molecule has 0 unspecified atom stereocenters. The van der Waals surface area contributed by atoms with Crippen molar-refractivity contribution in [1.29, 1.82) is 0 Å². The van der Waals surface area contributed by atoms with Crippen molar-refractivity contribution >= 4 is 40.8 Å². The molecule has 5 heteroatoms. The molecule has 0 spiro atoms. The van der Waals surface area contributed by atoms with Gasteiger partial charge >= 0.3 is 0 Å². The monoisotopic (exact) mass is 361 g/mol. The lowest BCUT2D eigenvalue weighted by atomic mass is 10.3. The molecule has 118 valence electrons. The molecule has 3 rings (SSSR count). The minimum atomic E-state index is -2.92. The van der Waals surface area contributed by atoms with E-state index in [1.165, 1.54) is 11.3 Å². The van der Waals surface area contributed by atoms with Crippen molar-refractivity contribution < 1.29 is 4.57 Å². The number of hydrogen-bond donors (Lipinski definition) is 1. The second-order valence-electron chi connectivity index (χ2n) is 5.27. The smallest absolute Gasteiger partial charge is 0.205 e. The van der Waals surface area contributed by atoms with Crippen LogP contribution in [0.4, 0.5) is 0 Å². The molecule has 2 nitrogen and oxygen atoms in total. The van der Waals surface area contributed by atoms with Crippen LogP contribution in [0.3, 0.4) is 0 Å². The summed E-state index contributed by atoms with van der Waals surface area (Å²) in [6, 6.07) is 23.0. The van der Waals surface area contributed by atoms with Crippen molar-refractivity contribution in [3.63, 3.8) is 0 Å². The SMILES string of the molecule is C[C@@H](NP(=O)(c1ccccc1)c1ccccc1)c1ccc(Cl)s1. The van der Waals surface area contributed by atoms with E-state index in [9.17, 15) is 4.57 Å². The molecule has 3 aromatic rings. The van der Waals surface area contributed by atoms with Crippen molar-refractivity contribution in [2.45, 2.75) is 13.0 Å². The molecule has 23 heavy (non-hydrogen) atoms. The van der Waals surface area contributed by atoms with E-state index in [4.69, 9.17) is 11.6 Å². The van der Waals surface area contributed by atoms with Crippen molar-refractivity contribution in [2.24, 2.45) is 0 Å². The molecule has 0 aliphatic rings. The quantitative estimate of drug-likeness (QED) is 0.649. The molecule has 0 bridgehead atoms. The van der Waals surface area contributed by atoms with Gasteiger partial charge in [-0.05, 0) is 43.3 Å². The van der Waals surface area contributed by atoms with E-state index in [1.807, 2.05) is 79.7 Å². The Hall–Kier alpha value is -1.38. The fraction of sp³-hybridized carbons (Fsp3) is 0.111. The maximum Gasteiger partial charge on any atom is 0.205 e. The van der Waals surface area contributed by atoms with Gasteiger partial charge in [0.15, 0.2) is 0 Å². The Bertz CT molecular complexity index is 776. The Morgan fingerprint density at radius 2 is 1.43 bits per heavy atom. The van der Waals surface area contributed by atoms with Gasteiger partial charge in [-0.3, -0.25) is 9.65 Å². The van der Waals surface area contributed by atoms with Crippen LogP contribution in [0.5, 0.6) is 0 Å². The molecule has 1 N–H and O–H groups in total. The Labute approximate surface area is 145 Å². The highest BCUT2D eigenvalue weighted by Crippen LogP contribution is 2.42. The Balaban J connectivity index is 2.01. The van der Waals surface area contributed by atoms with Crippen LogP contribution in [0.15, 0.2) is 72.8 Å². The summed E-state index contributed by atoms with van der Waals surface area (Å²) in [4.78, 5) is 1.07. The third-order valence-electron chi connectivity index (χ3n) is 3.64. The van der Waals surface area contributed by atoms with Crippen LogP contribution < -0.4 is 15.7 Å². The molecule has 0 amide bonds. The summed E-state index contributed by atoms with van der Waals surface area (Å²) in [5, 5.41) is 4.98. The standard InChI is InChI=1S/C18H17ClNOPS/c1-14(17-12-13-18(19)23-17)20-22(21,15-8-4-2-5-9-15)16-10-6-3-7-11-16/h2-14H,1H3,(H,20,21)/t14-/m1/s1. The number of benzene rings is 2. The number of hydrogen-bond acceptors (Lipinski definition) is 2. The minimum Gasteiger partial charge on any atom is -0.297 e. The first-order valence-corrected chi connectivity index (χ1v) is 10.2. The normalized spacial score (nSPS) is 13.0. The van der Waals surface area contributed by atoms with Crippen LogP contribution in [0.1, 0.15) is 17.8 Å². The van der Waals surface area contributed by atoms with E-state index in [1.54, 1.807) is 0 Å². The third-order valence-corrected chi connectivity index (χ3v) is 7.85. The fourth-order valence-corrected chi connectivity index (χ4v) is 6.09. The zero-order chi connectivity index (χ0) is 16.3. The molecule has 0 radical (unpaired) electrons. The van der Waals surface area contributed by atoms with Crippen molar-refractivity contribution in [3.05, 3.63) is 82.0 Å². The third kappa shape index (κ3) is 3.59. The predicted octanol–water partition coefficient (Wildman–Crippen LogP) is 4.98. The van der Waals surface area contributed by atoms with E-state index in [-0.39, 0.29) is 6.04 Å². The van der Waals surface area contributed by atoms with Gasteiger partial charge in [0, 0.05) is 21.5 Å². The van der Waals surface area contributed by atoms with Gasteiger partial charge in [-0.15, -0.1) is 11.3 Å². The lowest BCUT2D eigenvalue weighted by molar-refractivity contribution is 0.569. The summed E-state index contributed by atoms with van der Waals surface area (Å²) in [5.74, 6) is 0. The Kier molecular flexibility index (Phi) is 5.03. The first-order valence-electron chi connectivity index (χ1n) is 7.34. The van der Waals surface area contributed by atoms with E-state index in [0.29, 0.717) is 0 Å². The van der Waals surface area contributed by atoms with E-state index in [0.717, 1.165) is 19.8 Å². The van der Waals surface area contributed by atoms with Gasteiger partial charge in [-0.2, -0.15) is 0 Å². The van der Waals surface area contributed by atoms with Crippen molar-refractivity contribution in [2.75, 3.05) is 0 Å². The van der Waals surface area contributed by atoms with Crippen LogP contribution in [-0.2, 0) is 4.57 Å². The molecule has 2 aromatic carbocycles. The summed E-state index contributed by atoms with van der Waals surface area (Å²) in [5.41, 5.74) is 0. The average Bonchev–Trinajstić information content (AvgIpc) is 3.03. The van der Waals surface area contributed by atoms with Crippen molar-refractivity contribution in [3.8, 4) is 0 Å². The Morgan fingerprint density at radius 1 is 0.913 bits per heavy atom. The molecule has 1 atom stereocenters. The molecular formula is C18H17ClNOPS. The first kappa shape index (κ1) is 16.5. The highest BCUT2D eigenvalue weighted by Gasteiger charge is 2.29. The van der Waals surface area contributed by atoms with Gasteiger partial charge in [0.1, 0.15) is 0 Å². The highest BCUT2D eigenvalue weighted by atomic mass is 35.5. The number of thiophene rings is 1. The van der Waals surface area contributed by atoms with Gasteiger partial charge in [-0.1, -0.05) is 48.0 Å². The molecule has 0 fully saturated rings. The molecule has 1 aromatic heterocycles. The summed E-state index contributed by atoms with van der Waals surface area (Å²) >= 11 is 7.54. The van der Waals surface area contributed by atoms with Gasteiger partial charge in [0.05, 0.1) is 4.34 Å². The van der Waals surface area contributed by atoms with Crippen LogP contribution in [0.2, 0.25) is 4.34 Å². The second-order valence-corrected chi connectivity index (χ2v) is 9.53. The zero-order valence-corrected chi connectivity index (χ0v) is 15.1. The minimum absolute atomic E-state index is 0.0567. The number of nitrogens with one attached hydrogen (secondary N) is 1. The summed E-state index contributed by atoms with van der Waals surface area (Å²) in [6.45, 7) is 2.01. The van der Waals surface area contributed by atoms with Gasteiger partial charge in [0.2, 0.25) is 7.29 Å². The molecule has 0 saturated heterocycles. The number of rotatable bonds is 5. The molecule has 0 saturated carbocycles. The fourth-order valence-electron chi connectivity index (χ4n) is 2.47. The van der Waals surface area contributed by atoms with Crippen LogP contribution in [0, 0.1) is 0 Å². The van der Waals surface area contributed by atoms with Gasteiger partial charge in [0.25, 0.3) is 0 Å². The summed E-state index contributed by atoms with van der Waals surface area (Å²) in [6.07, 6.45) is 0. The average molecular weight is 362 g/mol.